The number of rotatable bonds is 14. The molecule has 0 bridgehead atoms. The Hall–Kier alpha value is -2.33. The van der Waals surface area contributed by atoms with E-state index >= 15 is 0 Å². The van der Waals surface area contributed by atoms with Gasteiger partial charge in [-0.3, -0.25) is 9.59 Å². The van der Waals surface area contributed by atoms with Crippen LogP contribution >= 0.6 is 0 Å². The predicted octanol–water partition coefficient (Wildman–Crippen LogP) is 1.24. The van der Waals surface area contributed by atoms with E-state index in [4.69, 9.17) is 4.74 Å². The average Bonchev–Trinajstić information content (AvgIpc) is 3.19. The van der Waals surface area contributed by atoms with Crippen molar-refractivity contribution >= 4 is 23.8 Å². The Kier molecular flexibility index (Phi) is 10.5. The highest BCUT2D eigenvalue weighted by molar-refractivity contribution is 6.03. The zero-order chi connectivity index (χ0) is 24.3. The molecule has 2 aliphatic rings. The van der Waals surface area contributed by atoms with Crippen LogP contribution in [0.2, 0.25) is 0 Å². The molecule has 2 amide bonds. The molecule has 0 spiro atoms. The minimum absolute atomic E-state index is 0.154. The predicted molar refractivity (Wildman–Crippen MR) is 132 cm³/mol. The largest absolute Gasteiger partial charge is 0.379 e. The number of aldehydes is 1. The second kappa shape index (κ2) is 13.5. The number of ether oxygens (including phenoxy) is 1. The van der Waals surface area contributed by atoms with Gasteiger partial charge in [0, 0.05) is 42.5 Å². The monoisotopic (exact) mass is 473 g/mol. The second-order valence-electron chi connectivity index (χ2n) is 9.00. The van der Waals surface area contributed by atoms with E-state index in [0.717, 1.165) is 37.9 Å². The summed E-state index contributed by atoms with van der Waals surface area (Å²) in [6, 6.07) is 5.51. The number of fused-ring (bicyclic) bond motifs is 1. The topological polar surface area (TPSA) is 103 Å². The molecule has 0 aromatic heterocycles. The van der Waals surface area contributed by atoms with Gasteiger partial charge in [0.1, 0.15) is 6.29 Å². The van der Waals surface area contributed by atoms with Crippen molar-refractivity contribution in [3.8, 4) is 0 Å². The van der Waals surface area contributed by atoms with Crippen molar-refractivity contribution in [2.24, 2.45) is 0 Å². The molecule has 3 N–H and O–H groups in total. The number of hydrogen-bond acceptors (Lipinski definition) is 7. The van der Waals surface area contributed by atoms with E-state index in [2.05, 4.69) is 20.9 Å². The summed E-state index contributed by atoms with van der Waals surface area (Å²) in [6.07, 6.45) is 4.65. The molecule has 188 valence electrons. The number of carbonyl (C=O) groups is 3. The van der Waals surface area contributed by atoms with E-state index in [-0.39, 0.29) is 18.4 Å². The summed E-state index contributed by atoms with van der Waals surface area (Å²) in [7, 11) is 2.02. The molecule has 1 aromatic carbocycles. The van der Waals surface area contributed by atoms with Crippen molar-refractivity contribution in [2.75, 3.05) is 58.3 Å². The Balaban J connectivity index is 1.35. The van der Waals surface area contributed by atoms with E-state index in [1.807, 2.05) is 14.0 Å². The molecule has 1 fully saturated rings. The first-order valence-corrected chi connectivity index (χ1v) is 12.4. The Labute approximate surface area is 202 Å². The summed E-state index contributed by atoms with van der Waals surface area (Å²) in [5.74, 6) is -0.328. The highest BCUT2D eigenvalue weighted by Crippen LogP contribution is 2.31. The zero-order valence-corrected chi connectivity index (χ0v) is 20.5. The maximum atomic E-state index is 12.8. The van der Waals surface area contributed by atoms with Crippen LogP contribution in [0.3, 0.4) is 0 Å². The van der Waals surface area contributed by atoms with Gasteiger partial charge in [0.2, 0.25) is 5.91 Å². The van der Waals surface area contributed by atoms with Crippen LogP contribution in [0.4, 0.5) is 5.69 Å². The molecule has 2 heterocycles. The second-order valence-corrected chi connectivity index (χ2v) is 9.00. The molecule has 34 heavy (non-hydrogen) atoms. The fourth-order valence-corrected chi connectivity index (χ4v) is 4.61. The van der Waals surface area contributed by atoms with Crippen molar-refractivity contribution in [1.82, 2.24) is 20.4 Å². The normalized spacial score (nSPS) is 17.6. The number of nitrogens with zero attached hydrogens (tertiary/aromatic N) is 2. The van der Waals surface area contributed by atoms with E-state index in [1.54, 1.807) is 23.1 Å². The first-order chi connectivity index (χ1) is 16.6. The number of benzene rings is 1. The number of carbonyl (C=O) groups excluding carboxylic acids is 3. The van der Waals surface area contributed by atoms with Crippen molar-refractivity contribution in [2.45, 2.75) is 51.2 Å². The number of nitrogens with one attached hydrogen (secondary N) is 3. The minimum atomic E-state index is -0.435. The molecule has 2 aliphatic heterocycles. The lowest BCUT2D eigenvalue weighted by Crippen LogP contribution is -2.42. The third-order valence-corrected chi connectivity index (χ3v) is 6.67. The smallest absolute Gasteiger partial charge is 0.255 e. The summed E-state index contributed by atoms with van der Waals surface area (Å²) in [4.78, 5) is 40.7. The SMILES string of the molecule is CCCC(C=O)N1Cc2c(NC(=O)CNCCOCCN3CCC(NC)CC3)cccc2C1=O. The Morgan fingerprint density at radius 3 is 2.76 bits per heavy atom. The van der Waals surface area contributed by atoms with Gasteiger partial charge >= 0.3 is 0 Å². The van der Waals surface area contributed by atoms with Crippen LogP contribution in [0.1, 0.15) is 48.5 Å². The number of anilines is 1. The summed E-state index contributed by atoms with van der Waals surface area (Å²) in [5.41, 5.74) is 1.95. The van der Waals surface area contributed by atoms with Crippen LogP contribution in [0.15, 0.2) is 18.2 Å². The lowest BCUT2D eigenvalue weighted by Gasteiger charge is -2.31. The number of piperidine rings is 1. The lowest BCUT2D eigenvalue weighted by atomic mass is 10.1. The number of likely N-dealkylation sites (tertiary alicyclic amines) is 1. The number of amides is 2. The van der Waals surface area contributed by atoms with Crippen LogP contribution in [0.25, 0.3) is 0 Å². The number of hydrogen-bond donors (Lipinski definition) is 3. The summed E-state index contributed by atoms with van der Waals surface area (Å²) >= 11 is 0. The standard InChI is InChI=1S/C25H39N5O4/c1-3-5-20(18-31)30-17-22-21(25(30)33)6-4-7-23(22)28-24(32)16-27-10-14-34-15-13-29-11-8-19(26-2)9-12-29/h4,6-7,18-20,26-27H,3,5,8-17H2,1-2H3,(H,28,32). The van der Waals surface area contributed by atoms with Gasteiger partial charge in [-0.1, -0.05) is 19.4 Å². The lowest BCUT2D eigenvalue weighted by molar-refractivity contribution is -0.115. The molecule has 9 nitrogen and oxygen atoms in total. The molecule has 0 aliphatic carbocycles. The van der Waals surface area contributed by atoms with Crippen molar-refractivity contribution in [3.63, 3.8) is 0 Å². The van der Waals surface area contributed by atoms with Gasteiger partial charge in [-0.15, -0.1) is 0 Å². The highest BCUT2D eigenvalue weighted by atomic mass is 16.5. The van der Waals surface area contributed by atoms with Gasteiger partial charge < -0.3 is 35.3 Å². The Morgan fingerprint density at radius 1 is 1.26 bits per heavy atom. The fourth-order valence-electron chi connectivity index (χ4n) is 4.61. The van der Waals surface area contributed by atoms with E-state index in [1.165, 1.54) is 12.8 Å². The van der Waals surface area contributed by atoms with Crippen LogP contribution in [-0.2, 0) is 20.9 Å². The molecule has 1 aromatic rings. The molecule has 3 rings (SSSR count). The maximum absolute atomic E-state index is 12.8. The molecule has 1 unspecified atom stereocenters. The van der Waals surface area contributed by atoms with E-state index in [0.29, 0.717) is 50.0 Å². The van der Waals surface area contributed by atoms with Crippen molar-refractivity contribution in [1.29, 1.82) is 0 Å². The van der Waals surface area contributed by atoms with Gasteiger partial charge in [0.25, 0.3) is 5.91 Å². The quantitative estimate of drug-likeness (QED) is 0.276. The first-order valence-electron chi connectivity index (χ1n) is 12.4. The Bertz CT molecular complexity index is 826. The first kappa shape index (κ1) is 26.3. The van der Waals surface area contributed by atoms with Gasteiger partial charge in [-0.05, 0) is 51.5 Å². The third kappa shape index (κ3) is 7.09. The van der Waals surface area contributed by atoms with Gasteiger partial charge in [-0.2, -0.15) is 0 Å². The fraction of sp³-hybridized carbons (Fsp3) is 0.640. The highest BCUT2D eigenvalue weighted by Gasteiger charge is 2.33. The van der Waals surface area contributed by atoms with Gasteiger partial charge in [-0.25, -0.2) is 0 Å². The van der Waals surface area contributed by atoms with Crippen LogP contribution in [-0.4, -0.2) is 93.0 Å². The summed E-state index contributed by atoms with van der Waals surface area (Å²) in [5, 5.41) is 9.35. The summed E-state index contributed by atoms with van der Waals surface area (Å²) < 4.78 is 5.70. The molecule has 1 saturated heterocycles. The van der Waals surface area contributed by atoms with E-state index in [9.17, 15) is 14.4 Å². The third-order valence-electron chi connectivity index (χ3n) is 6.67. The average molecular weight is 474 g/mol. The molecule has 0 radical (unpaired) electrons. The molecular formula is C25H39N5O4. The zero-order valence-electron chi connectivity index (χ0n) is 20.5. The molecule has 1 atom stereocenters. The van der Waals surface area contributed by atoms with Gasteiger partial charge in [0.15, 0.2) is 0 Å². The van der Waals surface area contributed by atoms with Crippen LogP contribution in [0.5, 0.6) is 0 Å². The summed E-state index contributed by atoms with van der Waals surface area (Å²) in [6.45, 7) is 7.47. The molecule has 9 heteroatoms. The maximum Gasteiger partial charge on any atom is 0.255 e. The molecule has 0 saturated carbocycles. The minimum Gasteiger partial charge on any atom is -0.379 e. The van der Waals surface area contributed by atoms with Crippen LogP contribution in [0, 0.1) is 0 Å². The van der Waals surface area contributed by atoms with Gasteiger partial charge in [0.05, 0.1) is 25.8 Å². The molecular weight excluding hydrogens is 434 g/mol. The van der Waals surface area contributed by atoms with Crippen molar-refractivity contribution < 1.29 is 19.1 Å². The Morgan fingerprint density at radius 2 is 2.06 bits per heavy atom. The van der Waals surface area contributed by atoms with E-state index < -0.39 is 6.04 Å². The van der Waals surface area contributed by atoms with Crippen molar-refractivity contribution in [3.05, 3.63) is 29.3 Å². The van der Waals surface area contributed by atoms with Crippen LogP contribution < -0.4 is 16.0 Å².